The van der Waals surface area contributed by atoms with Gasteiger partial charge in [0.1, 0.15) is 0 Å². The fourth-order valence-corrected chi connectivity index (χ4v) is 5.47. The third-order valence-electron chi connectivity index (χ3n) is 4.40. The van der Waals surface area contributed by atoms with Gasteiger partial charge < -0.3 is 10.2 Å². The third kappa shape index (κ3) is 3.70. The number of piperazine rings is 1. The van der Waals surface area contributed by atoms with Crippen LogP contribution in [0.15, 0.2) is 23.1 Å². The number of piperidine rings is 1. The maximum absolute atomic E-state index is 12.9. The number of sulfonamides is 1. The number of nitrogens with zero attached hydrogens (tertiary/aromatic N) is 2. The average molecular weight is 392 g/mol. The second-order valence-electron chi connectivity index (χ2n) is 6.03. The normalized spacial score (nSPS) is 23.5. The number of halogens is 2. The highest BCUT2D eigenvalue weighted by Crippen LogP contribution is 2.27. The Morgan fingerprint density at radius 2 is 1.83 bits per heavy atom. The summed E-state index contributed by atoms with van der Waals surface area (Å²) < 4.78 is 27.2. The summed E-state index contributed by atoms with van der Waals surface area (Å²) in [6.45, 7) is 2.40. The molecule has 1 N–H and O–H groups in total. The van der Waals surface area contributed by atoms with Crippen LogP contribution in [0.4, 0.5) is 0 Å². The van der Waals surface area contributed by atoms with Crippen molar-refractivity contribution in [2.45, 2.75) is 23.8 Å². The minimum absolute atomic E-state index is 0.0243. The molecule has 9 heteroatoms. The number of rotatable bonds is 3. The van der Waals surface area contributed by atoms with Gasteiger partial charge in [0.2, 0.25) is 15.9 Å². The summed E-state index contributed by atoms with van der Waals surface area (Å²) in [6.07, 6.45) is 1.53. The number of nitrogens with one attached hydrogen (secondary N) is 1. The van der Waals surface area contributed by atoms with Crippen LogP contribution >= 0.6 is 23.2 Å². The first-order valence-corrected chi connectivity index (χ1v) is 10.0. The molecule has 24 heavy (non-hydrogen) atoms. The quantitative estimate of drug-likeness (QED) is 0.848. The summed E-state index contributed by atoms with van der Waals surface area (Å²) >= 11 is 11.9. The SMILES string of the molecule is O=C1CNCCN1[C@H]1CCCN(S(=O)(=O)c2cc(Cl)cc(Cl)c2)C1. The molecular formula is C15H19Cl2N3O3S. The average Bonchev–Trinajstić information content (AvgIpc) is 2.54. The Labute approximate surface area is 151 Å². The van der Waals surface area contributed by atoms with E-state index in [-0.39, 0.29) is 26.9 Å². The van der Waals surface area contributed by atoms with Crippen molar-refractivity contribution < 1.29 is 13.2 Å². The summed E-state index contributed by atoms with van der Waals surface area (Å²) in [5, 5.41) is 3.60. The molecule has 1 amide bonds. The van der Waals surface area contributed by atoms with Gasteiger partial charge in [-0.1, -0.05) is 23.2 Å². The second-order valence-corrected chi connectivity index (χ2v) is 8.84. The Morgan fingerprint density at radius 1 is 1.12 bits per heavy atom. The van der Waals surface area contributed by atoms with Gasteiger partial charge in [-0.05, 0) is 31.0 Å². The van der Waals surface area contributed by atoms with Gasteiger partial charge in [0.05, 0.1) is 11.4 Å². The largest absolute Gasteiger partial charge is 0.336 e. The number of hydrogen-bond acceptors (Lipinski definition) is 4. The number of hydrogen-bond donors (Lipinski definition) is 1. The van der Waals surface area contributed by atoms with Gasteiger partial charge in [0.25, 0.3) is 0 Å². The van der Waals surface area contributed by atoms with E-state index in [1.165, 1.54) is 22.5 Å². The molecule has 0 aromatic heterocycles. The Morgan fingerprint density at radius 3 is 2.50 bits per heavy atom. The van der Waals surface area contributed by atoms with E-state index in [0.717, 1.165) is 19.4 Å². The van der Waals surface area contributed by atoms with Crippen LogP contribution in [0, 0.1) is 0 Å². The van der Waals surface area contributed by atoms with Crippen molar-refractivity contribution in [3.05, 3.63) is 28.2 Å². The van der Waals surface area contributed by atoms with Gasteiger partial charge in [-0.2, -0.15) is 4.31 Å². The smallest absolute Gasteiger partial charge is 0.243 e. The Kier molecular flexibility index (Phi) is 5.36. The van der Waals surface area contributed by atoms with Crippen LogP contribution in [0.3, 0.4) is 0 Å². The van der Waals surface area contributed by atoms with Crippen LogP contribution < -0.4 is 5.32 Å². The van der Waals surface area contributed by atoms with E-state index < -0.39 is 10.0 Å². The highest BCUT2D eigenvalue weighted by atomic mass is 35.5. The molecule has 2 fully saturated rings. The number of amides is 1. The monoisotopic (exact) mass is 391 g/mol. The maximum Gasteiger partial charge on any atom is 0.243 e. The lowest BCUT2D eigenvalue weighted by Crippen LogP contribution is -2.57. The van der Waals surface area contributed by atoms with Gasteiger partial charge in [-0.15, -0.1) is 0 Å². The molecule has 6 nitrogen and oxygen atoms in total. The minimum atomic E-state index is -3.69. The first-order chi connectivity index (χ1) is 11.4. The van der Waals surface area contributed by atoms with Crippen molar-refractivity contribution in [3.63, 3.8) is 0 Å². The second kappa shape index (κ2) is 7.17. The highest BCUT2D eigenvalue weighted by molar-refractivity contribution is 7.89. The van der Waals surface area contributed by atoms with E-state index in [4.69, 9.17) is 23.2 Å². The molecule has 2 aliphatic heterocycles. The van der Waals surface area contributed by atoms with E-state index in [1.54, 1.807) is 4.90 Å². The van der Waals surface area contributed by atoms with Crippen molar-refractivity contribution in [1.29, 1.82) is 0 Å². The Hall–Kier alpha value is -0.860. The van der Waals surface area contributed by atoms with E-state index in [0.29, 0.717) is 26.2 Å². The minimum Gasteiger partial charge on any atom is -0.336 e. The van der Waals surface area contributed by atoms with E-state index >= 15 is 0 Å². The van der Waals surface area contributed by atoms with Crippen molar-refractivity contribution >= 4 is 39.1 Å². The Balaban J connectivity index is 1.81. The molecule has 3 rings (SSSR count). The van der Waals surface area contributed by atoms with E-state index in [9.17, 15) is 13.2 Å². The van der Waals surface area contributed by atoms with Crippen molar-refractivity contribution in [2.24, 2.45) is 0 Å². The first kappa shape index (κ1) is 17.9. The summed E-state index contributed by atoms with van der Waals surface area (Å²) in [4.78, 5) is 14.0. The molecule has 0 radical (unpaired) electrons. The lowest BCUT2D eigenvalue weighted by atomic mass is 10.1. The summed E-state index contributed by atoms with van der Waals surface area (Å²) in [7, 11) is -3.69. The molecule has 1 atom stereocenters. The van der Waals surface area contributed by atoms with Crippen LogP contribution in [-0.4, -0.2) is 62.3 Å². The molecule has 0 unspecified atom stereocenters. The van der Waals surface area contributed by atoms with Crippen LogP contribution in [0.2, 0.25) is 10.0 Å². The zero-order valence-electron chi connectivity index (χ0n) is 13.0. The molecule has 0 spiro atoms. The highest BCUT2D eigenvalue weighted by Gasteiger charge is 2.35. The van der Waals surface area contributed by atoms with Crippen LogP contribution in [0.5, 0.6) is 0 Å². The molecule has 0 saturated carbocycles. The molecule has 132 valence electrons. The van der Waals surface area contributed by atoms with Crippen molar-refractivity contribution in [1.82, 2.24) is 14.5 Å². The predicted molar refractivity (Wildman–Crippen MR) is 92.8 cm³/mol. The number of carbonyl (C=O) groups excluding carboxylic acids is 1. The molecule has 0 aliphatic carbocycles. The summed E-state index contributed by atoms with van der Waals surface area (Å²) in [5.74, 6) is 0.0243. The number of carbonyl (C=O) groups is 1. The van der Waals surface area contributed by atoms with E-state index in [2.05, 4.69) is 5.32 Å². The van der Waals surface area contributed by atoms with Crippen molar-refractivity contribution in [2.75, 3.05) is 32.7 Å². The van der Waals surface area contributed by atoms with Crippen LogP contribution in [0.25, 0.3) is 0 Å². The van der Waals surface area contributed by atoms with Gasteiger partial charge >= 0.3 is 0 Å². The van der Waals surface area contributed by atoms with Crippen molar-refractivity contribution in [3.8, 4) is 0 Å². The molecule has 2 heterocycles. The molecular weight excluding hydrogens is 373 g/mol. The predicted octanol–water partition coefficient (Wildman–Crippen LogP) is 1.58. The van der Waals surface area contributed by atoms with Crippen LogP contribution in [-0.2, 0) is 14.8 Å². The molecule has 1 aromatic rings. The summed E-state index contributed by atoms with van der Waals surface area (Å²) in [6, 6.07) is 4.23. The fraction of sp³-hybridized carbons (Fsp3) is 0.533. The molecule has 2 saturated heterocycles. The Bertz CT molecular complexity index is 721. The maximum atomic E-state index is 12.9. The fourth-order valence-electron chi connectivity index (χ4n) is 3.23. The lowest BCUT2D eigenvalue weighted by molar-refractivity contribution is -0.135. The molecule has 0 bridgehead atoms. The summed E-state index contributed by atoms with van der Waals surface area (Å²) in [5.41, 5.74) is 0. The topological polar surface area (TPSA) is 69.7 Å². The van der Waals surface area contributed by atoms with Gasteiger partial charge in [-0.3, -0.25) is 4.79 Å². The van der Waals surface area contributed by atoms with Crippen LogP contribution in [0.1, 0.15) is 12.8 Å². The first-order valence-electron chi connectivity index (χ1n) is 7.84. The van der Waals surface area contributed by atoms with Gasteiger partial charge in [0.15, 0.2) is 0 Å². The van der Waals surface area contributed by atoms with Gasteiger partial charge in [-0.25, -0.2) is 8.42 Å². The van der Waals surface area contributed by atoms with E-state index in [1.807, 2.05) is 0 Å². The standard InChI is InChI=1S/C15H19Cl2N3O3S/c16-11-6-12(17)8-14(7-11)24(22,23)19-4-1-2-13(10-19)20-5-3-18-9-15(20)21/h6-8,13,18H,1-5,9-10H2/t13-/m0/s1. The molecule has 1 aromatic carbocycles. The lowest BCUT2D eigenvalue weighted by Gasteiger charge is -2.40. The third-order valence-corrected chi connectivity index (χ3v) is 6.68. The zero-order valence-corrected chi connectivity index (χ0v) is 15.4. The zero-order chi connectivity index (χ0) is 17.3. The molecule has 2 aliphatic rings. The van der Waals surface area contributed by atoms with Gasteiger partial charge in [0, 0.05) is 42.3 Å². The number of benzene rings is 1.